The smallest absolute Gasteiger partial charge is 0.335 e. The molecule has 1 heterocycles. The summed E-state index contributed by atoms with van der Waals surface area (Å²) in [6, 6.07) is 6.19. The first-order valence-corrected chi connectivity index (χ1v) is 7.12. The fourth-order valence-corrected chi connectivity index (χ4v) is 2.88. The molecule has 19 heavy (non-hydrogen) atoms. The largest absolute Gasteiger partial charge is 0.478 e. The van der Waals surface area contributed by atoms with Crippen LogP contribution in [-0.2, 0) is 13.0 Å². The maximum atomic E-state index is 11.2. The quantitative estimate of drug-likeness (QED) is 0.905. The van der Waals surface area contributed by atoms with Crippen molar-refractivity contribution in [2.75, 3.05) is 6.54 Å². The van der Waals surface area contributed by atoms with E-state index in [0.717, 1.165) is 25.1 Å². The summed E-state index contributed by atoms with van der Waals surface area (Å²) in [6.07, 6.45) is 2.03. The molecule has 2 unspecified atom stereocenters. The maximum Gasteiger partial charge on any atom is 0.335 e. The fraction of sp³-hybridized carbons (Fsp3) is 0.562. The van der Waals surface area contributed by atoms with Gasteiger partial charge in [-0.25, -0.2) is 4.79 Å². The lowest BCUT2D eigenvalue weighted by Gasteiger charge is -2.37. The highest BCUT2D eigenvalue weighted by molar-refractivity contribution is 5.89. The maximum absolute atomic E-state index is 11.2. The number of aromatic carboxylic acids is 1. The molecule has 3 nitrogen and oxygen atoms in total. The predicted octanol–water partition coefficient (Wildman–Crippen LogP) is 3.18. The van der Waals surface area contributed by atoms with E-state index in [1.54, 1.807) is 6.07 Å². The topological polar surface area (TPSA) is 40.5 Å². The van der Waals surface area contributed by atoms with Gasteiger partial charge in [0.15, 0.2) is 0 Å². The lowest BCUT2D eigenvalue weighted by Crippen LogP contribution is -2.41. The lowest BCUT2D eigenvalue weighted by atomic mass is 9.91. The fourth-order valence-electron chi connectivity index (χ4n) is 2.88. The Bertz CT molecular complexity index is 470. The molecule has 1 aliphatic rings. The molecule has 1 aromatic carbocycles. The molecule has 2 atom stereocenters. The molecule has 104 valence electrons. The number of benzene rings is 1. The first kappa shape index (κ1) is 14.1. The van der Waals surface area contributed by atoms with E-state index in [9.17, 15) is 9.90 Å². The molecule has 0 saturated heterocycles. The van der Waals surface area contributed by atoms with Crippen LogP contribution < -0.4 is 0 Å². The van der Waals surface area contributed by atoms with Crippen molar-refractivity contribution in [3.63, 3.8) is 0 Å². The van der Waals surface area contributed by atoms with Gasteiger partial charge in [0, 0.05) is 19.1 Å². The van der Waals surface area contributed by atoms with Crippen molar-refractivity contribution >= 4 is 5.97 Å². The number of hydrogen-bond acceptors (Lipinski definition) is 2. The average molecular weight is 261 g/mol. The van der Waals surface area contributed by atoms with Gasteiger partial charge in [0.2, 0.25) is 0 Å². The molecule has 3 heteroatoms. The molecular weight excluding hydrogens is 238 g/mol. The second-order valence-corrected chi connectivity index (χ2v) is 5.60. The summed E-state index contributed by atoms with van der Waals surface area (Å²) >= 11 is 0. The van der Waals surface area contributed by atoms with Crippen LogP contribution in [0.2, 0.25) is 0 Å². The molecule has 1 aliphatic heterocycles. The van der Waals surface area contributed by atoms with Crippen molar-refractivity contribution in [2.24, 2.45) is 5.92 Å². The molecular formula is C16H23NO2. The van der Waals surface area contributed by atoms with Crippen LogP contribution in [0.4, 0.5) is 0 Å². The van der Waals surface area contributed by atoms with Crippen LogP contribution in [0.15, 0.2) is 18.2 Å². The van der Waals surface area contributed by atoms with E-state index in [1.807, 2.05) is 6.07 Å². The standard InChI is InChI=1S/C16H23NO2/c1-4-11(2)12(3)17-9-8-14-13(10-17)6-5-7-15(14)16(18)19/h5-7,11-12H,4,8-10H2,1-3H3,(H,18,19). The van der Waals surface area contributed by atoms with E-state index in [2.05, 4.69) is 31.7 Å². The molecule has 0 spiro atoms. The van der Waals surface area contributed by atoms with E-state index in [-0.39, 0.29) is 0 Å². The summed E-state index contributed by atoms with van der Waals surface area (Å²) in [5.74, 6) is -0.135. The second kappa shape index (κ2) is 5.74. The predicted molar refractivity (Wildman–Crippen MR) is 76.4 cm³/mol. The number of hydrogen-bond donors (Lipinski definition) is 1. The van der Waals surface area contributed by atoms with E-state index in [4.69, 9.17) is 0 Å². The van der Waals surface area contributed by atoms with Crippen LogP contribution >= 0.6 is 0 Å². The first-order chi connectivity index (χ1) is 9.04. The highest BCUT2D eigenvalue weighted by Crippen LogP contribution is 2.26. The SMILES string of the molecule is CCC(C)C(C)N1CCc2c(cccc2C(=O)O)C1. The zero-order valence-corrected chi connectivity index (χ0v) is 12.0. The Morgan fingerprint density at radius 2 is 2.16 bits per heavy atom. The van der Waals surface area contributed by atoms with Crippen molar-refractivity contribution in [3.05, 3.63) is 34.9 Å². The molecule has 0 aromatic heterocycles. The van der Waals surface area contributed by atoms with Gasteiger partial charge in [-0.2, -0.15) is 0 Å². The molecule has 0 fully saturated rings. The van der Waals surface area contributed by atoms with Gasteiger partial charge in [0.05, 0.1) is 5.56 Å². The van der Waals surface area contributed by atoms with Crippen LogP contribution in [0.5, 0.6) is 0 Å². The molecule has 0 bridgehead atoms. The van der Waals surface area contributed by atoms with Gasteiger partial charge < -0.3 is 5.11 Å². The monoisotopic (exact) mass is 261 g/mol. The number of carboxylic acids is 1. The lowest BCUT2D eigenvalue weighted by molar-refractivity contribution is 0.0693. The van der Waals surface area contributed by atoms with Crippen molar-refractivity contribution in [2.45, 2.75) is 46.2 Å². The highest BCUT2D eigenvalue weighted by Gasteiger charge is 2.25. The van der Waals surface area contributed by atoms with Gasteiger partial charge in [0.25, 0.3) is 0 Å². The van der Waals surface area contributed by atoms with E-state index in [1.165, 1.54) is 12.0 Å². The molecule has 0 amide bonds. The molecule has 1 N–H and O–H groups in total. The second-order valence-electron chi connectivity index (χ2n) is 5.60. The molecule has 1 aromatic rings. The van der Waals surface area contributed by atoms with Crippen LogP contribution in [0.25, 0.3) is 0 Å². The third-order valence-electron chi connectivity index (χ3n) is 4.57. The Labute approximate surface area is 115 Å². The van der Waals surface area contributed by atoms with Crippen molar-refractivity contribution < 1.29 is 9.90 Å². The van der Waals surface area contributed by atoms with E-state index in [0.29, 0.717) is 17.5 Å². The Balaban J connectivity index is 2.21. The zero-order valence-electron chi connectivity index (χ0n) is 12.0. The number of rotatable bonds is 4. The third kappa shape index (κ3) is 2.81. The van der Waals surface area contributed by atoms with Crippen LogP contribution in [0.3, 0.4) is 0 Å². The van der Waals surface area contributed by atoms with Crippen LogP contribution in [0.1, 0.15) is 48.7 Å². The van der Waals surface area contributed by atoms with Crippen LogP contribution in [0, 0.1) is 5.92 Å². The Kier molecular flexibility index (Phi) is 4.25. The number of carbonyl (C=O) groups is 1. The average Bonchev–Trinajstić information content (AvgIpc) is 2.44. The third-order valence-corrected chi connectivity index (χ3v) is 4.57. The number of carboxylic acid groups (broad SMARTS) is 1. The van der Waals surface area contributed by atoms with Gasteiger partial charge in [-0.3, -0.25) is 4.90 Å². The van der Waals surface area contributed by atoms with Crippen molar-refractivity contribution in [1.29, 1.82) is 0 Å². The normalized spacial score (nSPS) is 18.7. The van der Waals surface area contributed by atoms with Crippen molar-refractivity contribution in [1.82, 2.24) is 4.90 Å². The summed E-state index contributed by atoms with van der Waals surface area (Å²) in [6.45, 7) is 8.63. The van der Waals surface area contributed by atoms with Gasteiger partial charge in [-0.15, -0.1) is 0 Å². The van der Waals surface area contributed by atoms with E-state index >= 15 is 0 Å². The molecule has 2 rings (SSSR count). The van der Waals surface area contributed by atoms with Gasteiger partial charge in [0.1, 0.15) is 0 Å². The minimum Gasteiger partial charge on any atom is -0.478 e. The minimum atomic E-state index is -0.805. The minimum absolute atomic E-state index is 0.480. The Morgan fingerprint density at radius 3 is 2.79 bits per heavy atom. The van der Waals surface area contributed by atoms with Crippen molar-refractivity contribution in [3.8, 4) is 0 Å². The summed E-state index contributed by atoms with van der Waals surface area (Å²) in [4.78, 5) is 13.7. The highest BCUT2D eigenvalue weighted by atomic mass is 16.4. The molecule has 0 saturated carbocycles. The first-order valence-electron chi connectivity index (χ1n) is 7.12. The van der Waals surface area contributed by atoms with Gasteiger partial charge in [-0.05, 0) is 36.5 Å². The Hall–Kier alpha value is -1.35. The summed E-state index contributed by atoms with van der Waals surface area (Å²) in [5.41, 5.74) is 2.69. The Morgan fingerprint density at radius 1 is 1.42 bits per heavy atom. The van der Waals surface area contributed by atoms with Gasteiger partial charge >= 0.3 is 5.97 Å². The number of fused-ring (bicyclic) bond motifs is 1. The molecule has 0 radical (unpaired) electrons. The number of nitrogens with zero attached hydrogens (tertiary/aromatic N) is 1. The molecule has 0 aliphatic carbocycles. The summed E-state index contributed by atoms with van der Waals surface area (Å²) in [5, 5.41) is 9.23. The van der Waals surface area contributed by atoms with Crippen LogP contribution in [-0.4, -0.2) is 28.6 Å². The summed E-state index contributed by atoms with van der Waals surface area (Å²) < 4.78 is 0. The van der Waals surface area contributed by atoms with E-state index < -0.39 is 5.97 Å². The van der Waals surface area contributed by atoms with Gasteiger partial charge in [-0.1, -0.05) is 32.4 Å². The summed E-state index contributed by atoms with van der Waals surface area (Å²) in [7, 11) is 0. The zero-order chi connectivity index (χ0) is 14.0.